The van der Waals surface area contributed by atoms with Gasteiger partial charge in [0.25, 0.3) is 11.8 Å². The van der Waals surface area contributed by atoms with E-state index in [0.29, 0.717) is 5.02 Å². The lowest BCUT2D eigenvalue weighted by molar-refractivity contribution is -0.152. The summed E-state index contributed by atoms with van der Waals surface area (Å²) in [4.78, 5) is 36.3. The number of aliphatic hydroxyl groups excluding tert-OH is 1. The number of ether oxygens (including phenoxy) is 1. The molecule has 10 heteroatoms. The van der Waals surface area contributed by atoms with Crippen molar-refractivity contribution in [2.75, 3.05) is 6.61 Å². The van der Waals surface area contributed by atoms with E-state index in [1.807, 2.05) is 0 Å². The van der Waals surface area contributed by atoms with Gasteiger partial charge in [0.15, 0.2) is 12.6 Å². The smallest absolute Gasteiger partial charge is 0.331 e. The van der Waals surface area contributed by atoms with E-state index < -0.39 is 47.9 Å². The van der Waals surface area contributed by atoms with Crippen molar-refractivity contribution in [2.24, 2.45) is 0 Å². The standard InChI is InChI=1S/C20H19Cl2FN2O5/c1-11(26)18(25-19(28)15-8-14(22)5-6-16(15)23)20(29)30-10-17(27)24-9-12-3-2-4-13(21)7-12/h2-8,11,18,26H,9-10H2,1H3,(H,24,27)(H,25,28)/t11-,18+/m1/s1. The van der Waals surface area contributed by atoms with Crippen LogP contribution in [0.1, 0.15) is 22.8 Å². The largest absolute Gasteiger partial charge is 0.454 e. The Balaban J connectivity index is 1.91. The summed E-state index contributed by atoms with van der Waals surface area (Å²) in [6.45, 7) is 0.769. The van der Waals surface area contributed by atoms with Crippen LogP contribution in [0.25, 0.3) is 0 Å². The van der Waals surface area contributed by atoms with E-state index in [2.05, 4.69) is 10.6 Å². The van der Waals surface area contributed by atoms with Gasteiger partial charge in [0, 0.05) is 16.6 Å². The molecule has 2 rings (SSSR count). The van der Waals surface area contributed by atoms with Gasteiger partial charge in [-0.15, -0.1) is 0 Å². The maximum absolute atomic E-state index is 13.8. The normalized spacial score (nSPS) is 12.6. The quantitative estimate of drug-likeness (QED) is 0.529. The van der Waals surface area contributed by atoms with Crippen LogP contribution in [-0.4, -0.2) is 41.6 Å². The first-order valence-corrected chi connectivity index (χ1v) is 9.54. The molecule has 0 aromatic heterocycles. The molecule has 2 aromatic rings. The first-order chi connectivity index (χ1) is 14.2. The van der Waals surface area contributed by atoms with Gasteiger partial charge in [-0.1, -0.05) is 35.3 Å². The monoisotopic (exact) mass is 456 g/mol. The minimum atomic E-state index is -1.52. The molecule has 30 heavy (non-hydrogen) atoms. The summed E-state index contributed by atoms with van der Waals surface area (Å²) < 4.78 is 18.7. The average Bonchev–Trinajstić information content (AvgIpc) is 2.70. The van der Waals surface area contributed by atoms with Crippen molar-refractivity contribution in [3.05, 3.63) is 69.5 Å². The van der Waals surface area contributed by atoms with Crippen LogP contribution in [0, 0.1) is 5.82 Å². The van der Waals surface area contributed by atoms with Crippen LogP contribution in [0.3, 0.4) is 0 Å². The molecule has 2 atom stereocenters. The van der Waals surface area contributed by atoms with Crippen molar-refractivity contribution in [1.82, 2.24) is 10.6 Å². The number of halogens is 3. The highest BCUT2D eigenvalue weighted by Gasteiger charge is 2.29. The van der Waals surface area contributed by atoms with Gasteiger partial charge in [-0.3, -0.25) is 9.59 Å². The summed E-state index contributed by atoms with van der Waals surface area (Å²) in [5.41, 5.74) is 0.347. The Labute approximate surface area is 182 Å². The molecule has 0 unspecified atom stereocenters. The van der Waals surface area contributed by atoms with Gasteiger partial charge in [0.2, 0.25) is 0 Å². The second-order valence-electron chi connectivity index (χ2n) is 6.33. The summed E-state index contributed by atoms with van der Waals surface area (Å²) >= 11 is 11.6. The number of carbonyl (C=O) groups is 3. The molecule has 0 aliphatic heterocycles. The summed E-state index contributed by atoms with van der Waals surface area (Å²) in [5, 5.41) is 15.2. The van der Waals surface area contributed by atoms with Crippen molar-refractivity contribution < 1.29 is 28.6 Å². The molecule has 2 aromatic carbocycles. The van der Waals surface area contributed by atoms with E-state index in [-0.39, 0.29) is 11.6 Å². The molecule has 7 nitrogen and oxygen atoms in total. The van der Waals surface area contributed by atoms with Crippen LogP contribution in [0.5, 0.6) is 0 Å². The number of hydrogen-bond donors (Lipinski definition) is 3. The zero-order chi connectivity index (χ0) is 22.3. The highest BCUT2D eigenvalue weighted by atomic mass is 35.5. The van der Waals surface area contributed by atoms with Crippen LogP contribution in [0.15, 0.2) is 42.5 Å². The van der Waals surface area contributed by atoms with Gasteiger partial charge in [0.05, 0.1) is 11.7 Å². The third-order valence-electron chi connectivity index (χ3n) is 3.92. The third kappa shape index (κ3) is 6.98. The number of rotatable bonds is 8. The lowest BCUT2D eigenvalue weighted by Crippen LogP contribution is -2.49. The molecule has 0 fully saturated rings. The number of carbonyl (C=O) groups excluding carboxylic acids is 3. The number of nitrogens with one attached hydrogen (secondary N) is 2. The average molecular weight is 457 g/mol. The topological polar surface area (TPSA) is 105 Å². The van der Waals surface area contributed by atoms with Crippen molar-refractivity contribution >= 4 is 41.0 Å². The summed E-state index contributed by atoms with van der Waals surface area (Å²) in [6, 6.07) is 8.66. The highest BCUT2D eigenvalue weighted by molar-refractivity contribution is 6.31. The van der Waals surface area contributed by atoms with E-state index >= 15 is 0 Å². The van der Waals surface area contributed by atoms with Crippen molar-refractivity contribution in [1.29, 1.82) is 0 Å². The molecule has 0 saturated carbocycles. The van der Waals surface area contributed by atoms with Gasteiger partial charge < -0.3 is 20.5 Å². The predicted octanol–water partition coefficient (Wildman–Crippen LogP) is 2.47. The SMILES string of the molecule is C[C@@H](O)[C@H](NC(=O)c1cc(Cl)ccc1F)C(=O)OCC(=O)NCc1cccc(Cl)c1. The van der Waals surface area contributed by atoms with Crippen molar-refractivity contribution in [2.45, 2.75) is 25.6 Å². The second kappa shape index (κ2) is 10.9. The molecule has 0 aliphatic rings. The van der Waals surface area contributed by atoms with Crippen LogP contribution in [0.4, 0.5) is 4.39 Å². The number of aliphatic hydroxyl groups is 1. The van der Waals surface area contributed by atoms with Crippen LogP contribution >= 0.6 is 23.2 Å². The molecule has 0 radical (unpaired) electrons. The Morgan fingerprint density at radius 3 is 2.50 bits per heavy atom. The molecule has 0 spiro atoms. The van der Waals surface area contributed by atoms with Gasteiger partial charge >= 0.3 is 5.97 Å². The Bertz CT molecular complexity index is 939. The minimum Gasteiger partial charge on any atom is -0.454 e. The Hall–Kier alpha value is -2.68. The molecule has 160 valence electrons. The Morgan fingerprint density at radius 1 is 1.13 bits per heavy atom. The molecular weight excluding hydrogens is 438 g/mol. The van der Waals surface area contributed by atoms with Crippen LogP contribution in [0.2, 0.25) is 10.0 Å². The Morgan fingerprint density at radius 2 is 1.83 bits per heavy atom. The lowest BCUT2D eigenvalue weighted by atomic mass is 10.1. The van der Waals surface area contributed by atoms with E-state index in [4.69, 9.17) is 27.9 Å². The fraction of sp³-hybridized carbons (Fsp3) is 0.250. The third-order valence-corrected chi connectivity index (χ3v) is 4.39. The first kappa shape index (κ1) is 23.6. The molecule has 0 aliphatic carbocycles. The first-order valence-electron chi connectivity index (χ1n) is 8.79. The summed E-state index contributed by atoms with van der Waals surface area (Å²) in [6.07, 6.45) is -1.36. The minimum absolute atomic E-state index is 0.120. The van der Waals surface area contributed by atoms with Gasteiger partial charge in [0.1, 0.15) is 5.82 Å². The Kier molecular flexibility index (Phi) is 8.58. The van der Waals surface area contributed by atoms with E-state index in [1.165, 1.54) is 13.0 Å². The van der Waals surface area contributed by atoms with E-state index in [9.17, 15) is 23.9 Å². The molecule has 2 amide bonds. The molecule has 3 N–H and O–H groups in total. The van der Waals surface area contributed by atoms with Crippen molar-refractivity contribution in [3.8, 4) is 0 Å². The summed E-state index contributed by atoms with van der Waals surface area (Å²) in [7, 11) is 0. The molecular formula is C20H19Cl2FN2O5. The number of amides is 2. The zero-order valence-electron chi connectivity index (χ0n) is 15.8. The van der Waals surface area contributed by atoms with E-state index in [0.717, 1.165) is 17.7 Å². The van der Waals surface area contributed by atoms with Crippen molar-refractivity contribution in [3.63, 3.8) is 0 Å². The number of esters is 1. The van der Waals surface area contributed by atoms with E-state index in [1.54, 1.807) is 24.3 Å². The maximum atomic E-state index is 13.8. The maximum Gasteiger partial charge on any atom is 0.331 e. The molecule has 0 heterocycles. The number of benzene rings is 2. The fourth-order valence-electron chi connectivity index (χ4n) is 2.39. The van der Waals surface area contributed by atoms with Gasteiger partial charge in [-0.2, -0.15) is 0 Å². The molecule has 0 bridgehead atoms. The lowest BCUT2D eigenvalue weighted by Gasteiger charge is -2.20. The fourth-order valence-corrected chi connectivity index (χ4v) is 2.78. The number of hydrogen-bond acceptors (Lipinski definition) is 5. The molecule has 0 saturated heterocycles. The van der Waals surface area contributed by atoms with Gasteiger partial charge in [-0.05, 0) is 42.8 Å². The second-order valence-corrected chi connectivity index (χ2v) is 7.20. The van der Waals surface area contributed by atoms with Crippen LogP contribution < -0.4 is 10.6 Å². The van der Waals surface area contributed by atoms with Gasteiger partial charge in [-0.25, -0.2) is 9.18 Å². The predicted molar refractivity (Wildman–Crippen MR) is 109 cm³/mol. The zero-order valence-corrected chi connectivity index (χ0v) is 17.3. The highest BCUT2D eigenvalue weighted by Crippen LogP contribution is 2.15. The van der Waals surface area contributed by atoms with Crippen LogP contribution in [-0.2, 0) is 20.9 Å². The summed E-state index contributed by atoms with van der Waals surface area (Å²) in [5.74, 6) is -3.48.